The predicted octanol–water partition coefficient (Wildman–Crippen LogP) is 2.28. The summed E-state index contributed by atoms with van der Waals surface area (Å²) in [5.41, 5.74) is 0. The highest BCUT2D eigenvalue weighted by Gasteiger charge is 2.13. The normalized spacial score (nSPS) is 13.7. The number of nitrogens with zero attached hydrogens (tertiary/aromatic N) is 1. The lowest BCUT2D eigenvalue weighted by Crippen LogP contribution is -2.39. The third-order valence-electron chi connectivity index (χ3n) is 2.64. The Kier molecular flexibility index (Phi) is 9.99. The van der Waals surface area contributed by atoms with Crippen LogP contribution in [0.3, 0.4) is 0 Å². The molecule has 3 heteroatoms. The minimum atomic E-state index is -0.356. The molecule has 3 nitrogen and oxygen atoms in total. The number of ether oxygens (including phenoxy) is 1. The van der Waals surface area contributed by atoms with E-state index in [0.29, 0.717) is 12.6 Å². The highest BCUT2D eigenvalue weighted by atomic mass is 16.5. The second-order valence-electron chi connectivity index (χ2n) is 4.67. The Bertz CT molecular complexity index is 151. The van der Waals surface area contributed by atoms with Gasteiger partial charge in [0.1, 0.15) is 0 Å². The van der Waals surface area contributed by atoms with Gasteiger partial charge in [-0.1, -0.05) is 20.3 Å². The molecule has 0 bridgehead atoms. The second-order valence-corrected chi connectivity index (χ2v) is 4.67. The molecule has 0 fully saturated rings. The summed E-state index contributed by atoms with van der Waals surface area (Å²) < 4.78 is 5.42. The van der Waals surface area contributed by atoms with Crippen LogP contribution >= 0.6 is 0 Å². The summed E-state index contributed by atoms with van der Waals surface area (Å²) in [6.07, 6.45) is 2.99. The average Bonchev–Trinajstić information content (AvgIpc) is 2.23. The van der Waals surface area contributed by atoms with Gasteiger partial charge in [-0.15, -0.1) is 0 Å². The van der Waals surface area contributed by atoms with Crippen LogP contribution in [0.5, 0.6) is 0 Å². The van der Waals surface area contributed by atoms with Gasteiger partial charge < -0.3 is 9.84 Å². The van der Waals surface area contributed by atoms with Gasteiger partial charge in [0, 0.05) is 19.2 Å². The molecule has 0 aliphatic rings. The molecule has 1 atom stereocenters. The van der Waals surface area contributed by atoms with E-state index < -0.39 is 0 Å². The van der Waals surface area contributed by atoms with Crippen LogP contribution in [0.25, 0.3) is 0 Å². The zero-order valence-electron chi connectivity index (χ0n) is 11.4. The van der Waals surface area contributed by atoms with Gasteiger partial charge in [0.15, 0.2) is 0 Å². The molecular formula is C13H29NO2. The maximum Gasteiger partial charge on any atom is 0.0900 e. The minimum Gasteiger partial charge on any atom is -0.389 e. The van der Waals surface area contributed by atoms with Gasteiger partial charge in [-0.05, 0) is 33.2 Å². The summed E-state index contributed by atoms with van der Waals surface area (Å²) in [5, 5.41) is 9.83. The Morgan fingerprint density at radius 3 is 2.38 bits per heavy atom. The van der Waals surface area contributed by atoms with E-state index in [1.54, 1.807) is 0 Å². The summed E-state index contributed by atoms with van der Waals surface area (Å²) in [7, 11) is 0. The SMILES string of the molecule is CCCCOCC(O)CN(CCC)C(C)C. The van der Waals surface area contributed by atoms with Crippen molar-refractivity contribution in [3.05, 3.63) is 0 Å². The predicted molar refractivity (Wildman–Crippen MR) is 68.7 cm³/mol. The molecule has 0 heterocycles. The second kappa shape index (κ2) is 10.1. The summed E-state index contributed by atoms with van der Waals surface area (Å²) in [6.45, 7) is 11.6. The summed E-state index contributed by atoms with van der Waals surface area (Å²) in [5.74, 6) is 0. The molecule has 0 amide bonds. The standard InChI is InChI=1S/C13H29NO2/c1-5-7-9-16-11-13(15)10-14(8-6-2)12(3)4/h12-13,15H,5-11H2,1-4H3. The lowest BCUT2D eigenvalue weighted by Gasteiger charge is -2.28. The van der Waals surface area contributed by atoms with Crippen LogP contribution in [-0.4, -0.2) is 48.5 Å². The number of rotatable bonds is 10. The molecule has 16 heavy (non-hydrogen) atoms. The Labute approximate surface area is 101 Å². The largest absolute Gasteiger partial charge is 0.389 e. The zero-order chi connectivity index (χ0) is 12.4. The van der Waals surface area contributed by atoms with E-state index in [1.807, 2.05) is 0 Å². The van der Waals surface area contributed by atoms with Crippen LogP contribution in [0.2, 0.25) is 0 Å². The fourth-order valence-electron chi connectivity index (χ4n) is 1.64. The molecule has 1 N–H and O–H groups in total. The highest BCUT2D eigenvalue weighted by Crippen LogP contribution is 2.02. The topological polar surface area (TPSA) is 32.7 Å². The molecule has 1 unspecified atom stereocenters. The Morgan fingerprint density at radius 2 is 1.88 bits per heavy atom. The number of aliphatic hydroxyl groups is 1. The molecule has 98 valence electrons. The zero-order valence-corrected chi connectivity index (χ0v) is 11.4. The van der Waals surface area contributed by atoms with E-state index >= 15 is 0 Å². The third kappa shape index (κ3) is 8.08. The van der Waals surface area contributed by atoms with Gasteiger partial charge in [-0.2, -0.15) is 0 Å². The van der Waals surface area contributed by atoms with E-state index in [-0.39, 0.29) is 6.10 Å². The fraction of sp³-hybridized carbons (Fsp3) is 1.00. The van der Waals surface area contributed by atoms with Crippen molar-refractivity contribution in [3.8, 4) is 0 Å². The summed E-state index contributed by atoms with van der Waals surface area (Å²) >= 11 is 0. The van der Waals surface area contributed by atoms with E-state index in [2.05, 4.69) is 32.6 Å². The first-order chi connectivity index (χ1) is 7.61. The summed E-state index contributed by atoms with van der Waals surface area (Å²) in [6, 6.07) is 0.491. The van der Waals surface area contributed by atoms with Crippen LogP contribution in [0.15, 0.2) is 0 Å². The molecule has 0 aliphatic carbocycles. The van der Waals surface area contributed by atoms with Gasteiger partial charge in [0.05, 0.1) is 12.7 Å². The minimum absolute atomic E-state index is 0.356. The van der Waals surface area contributed by atoms with Gasteiger partial charge >= 0.3 is 0 Å². The molecule has 0 aliphatic heterocycles. The van der Waals surface area contributed by atoms with Crippen LogP contribution < -0.4 is 0 Å². The van der Waals surface area contributed by atoms with Crippen LogP contribution in [0.4, 0.5) is 0 Å². The smallest absolute Gasteiger partial charge is 0.0900 e. The van der Waals surface area contributed by atoms with Gasteiger partial charge in [0.25, 0.3) is 0 Å². The molecule has 0 aromatic heterocycles. The van der Waals surface area contributed by atoms with Gasteiger partial charge in [0.2, 0.25) is 0 Å². The third-order valence-corrected chi connectivity index (χ3v) is 2.64. The monoisotopic (exact) mass is 231 g/mol. The Hall–Kier alpha value is -0.120. The number of hydrogen-bond acceptors (Lipinski definition) is 3. The van der Waals surface area contributed by atoms with Crippen molar-refractivity contribution in [2.45, 2.75) is 59.1 Å². The van der Waals surface area contributed by atoms with Crippen LogP contribution in [-0.2, 0) is 4.74 Å². The fourth-order valence-corrected chi connectivity index (χ4v) is 1.64. The summed E-state index contributed by atoms with van der Waals surface area (Å²) in [4.78, 5) is 2.30. The average molecular weight is 231 g/mol. The van der Waals surface area contributed by atoms with Crippen LogP contribution in [0.1, 0.15) is 47.0 Å². The van der Waals surface area contributed by atoms with Gasteiger partial charge in [-0.3, -0.25) is 4.90 Å². The maximum atomic E-state index is 9.83. The molecule has 0 radical (unpaired) electrons. The Balaban J connectivity index is 3.68. The maximum absolute atomic E-state index is 9.83. The molecule has 0 aromatic carbocycles. The molecular weight excluding hydrogens is 202 g/mol. The first-order valence-corrected chi connectivity index (χ1v) is 6.61. The molecule has 0 saturated carbocycles. The van der Waals surface area contributed by atoms with Crippen molar-refractivity contribution in [2.75, 3.05) is 26.3 Å². The molecule has 0 rings (SSSR count). The molecule has 0 spiro atoms. The van der Waals surface area contributed by atoms with Crippen molar-refractivity contribution in [3.63, 3.8) is 0 Å². The van der Waals surface area contributed by atoms with E-state index in [4.69, 9.17) is 4.74 Å². The number of aliphatic hydroxyl groups excluding tert-OH is 1. The highest BCUT2D eigenvalue weighted by molar-refractivity contribution is 4.67. The lowest BCUT2D eigenvalue weighted by atomic mass is 10.2. The first kappa shape index (κ1) is 15.9. The van der Waals surface area contributed by atoms with Crippen molar-refractivity contribution < 1.29 is 9.84 Å². The van der Waals surface area contributed by atoms with Crippen molar-refractivity contribution in [2.24, 2.45) is 0 Å². The van der Waals surface area contributed by atoms with Gasteiger partial charge in [-0.25, -0.2) is 0 Å². The van der Waals surface area contributed by atoms with E-state index in [1.165, 1.54) is 0 Å². The number of unbranched alkanes of at least 4 members (excludes halogenated alkanes) is 1. The first-order valence-electron chi connectivity index (χ1n) is 6.61. The van der Waals surface area contributed by atoms with Crippen molar-refractivity contribution in [1.29, 1.82) is 0 Å². The number of hydrogen-bond donors (Lipinski definition) is 1. The molecule has 0 saturated heterocycles. The van der Waals surface area contributed by atoms with E-state index in [9.17, 15) is 5.11 Å². The van der Waals surface area contributed by atoms with E-state index in [0.717, 1.165) is 39.0 Å². The quantitative estimate of drug-likeness (QED) is 0.586. The lowest BCUT2D eigenvalue weighted by molar-refractivity contribution is 0.0104. The Morgan fingerprint density at radius 1 is 1.19 bits per heavy atom. The molecule has 0 aromatic rings. The van der Waals surface area contributed by atoms with Crippen LogP contribution in [0, 0.1) is 0 Å². The van der Waals surface area contributed by atoms with Crippen molar-refractivity contribution in [1.82, 2.24) is 4.90 Å². The van der Waals surface area contributed by atoms with Crippen molar-refractivity contribution >= 4 is 0 Å².